The second kappa shape index (κ2) is 6.75. The molecule has 8 nitrogen and oxygen atoms in total. The number of nitriles is 1. The average molecular weight is 340 g/mol. The number of hydrogen-bond donors (Lipinski definition) is 3. The molecule has 0 saturated heterocycles. The molecule has 1 aromatic carbocycles. The largest absolute Gasteiger partial charge is 0.477 e. The highest BCUT2D eigenvalue weighted by Crippen LogP contribution is 2.30. The Balaban J connectivity index is 2.06. The van der Waals surface area contributed by atoms with Crippen molar-refractivity contribution >= 4 is 11.8 Å². The molecule has 2 aromatic rings. The molecule has 128 valence electrons. The van der Waals surface area contributed by atoms with Crippen molar-refractivity contribution in [3.8, 4) is 23.3 Å². The molecule has 25 heavy (non-hydrogen) atoms. The number of hydrogen-bond acceptors (Lipinski definition) is 7. The third-order valence-corrected chi connectivity index (χ3v) is 4.05. The molecule has 8 heteroatoms. The highest BCUT2D eigenvalue weighted by Gasteiger charge is 2.30. The van der Waals surface area contributed by atoms with Crippen molar-refractivity contribution in [2.24, 2.45) is 0 Å². The summed E-state index contributed by atoms with van der Waals surface area (Å²) in [4.78, 5) is 19.7. The Morgan fingerprint density at radius 3 is 2.80 bits per heavy atom. The maximum absolute atomic E-state index is 11.5. The first-order valence-corrected chi connectivity index (χ1v) is 7.75. The smallest absolute Gasteiger partial charge is 0.345 e. The first-order valence-electron chi connectivity index (χ1n) is 7.75. The van der Waals surface area contributed by atoms with Crippen molar-refractivity contribution in [3.05, 3.63) is 35.4 Å². The van der Waals surface area contributed by atoms with Crippen LogP contribution in [0.4, 0.5) is 5.82 Å². The van der Waals surface area contributed by atoms with E-state index in [0.29, 0.717) is 24.0 Å². The van der Waals surface area contributed by atoms with E-state index in [9.17, 15) is 15.0 Å². The van der Waals surface area contributed by atoms with Crippen LogP contribution in [0.5, 0.6) is 5.88 Å². The fourth-order valence-electron chi connectivity index (χ4n) is 2.79. The summed E-state index contributed by atoms with van der Waals surface area (Å²) in [7, 11) is 0. The van der Waals surface area contributed by atoms with Crippen molar-refractivity contribution in [1.29, 1.82) is 5.26 Å². The monoisotopic (exact) mass is 340 g/mol. The van der Waals surface area contributed by atoms with Gasteiger partial charge < -0.3 is 20.7 Å². The number of anilines is 1. The van der Waals surface area contributed by atoms with E-state index in [1.165, 1.54) is 0 Å². The van der Waals surface area contributed by atoms with Gasteiger partial charge >= 0.3 is 5.97 Å². The molecule has 1 saturated carbocycles. The van der Waals surface area contributed by atoms with Crippen LogP contribution in [0, 0.1) is 11.3 Å². The fourth-order valence-corrected chi connectivity index (χ4v) is 2.79. The molecule has 1 fully saturated rings. The molecule has 0 radical (unpaired) electrons. The van der Waals surface area contributed by atoms with E-state index < -0.39 is 18.2 Å². The lowest BCUT2D eigenvalue weighted by molar-refractivity contribution is 0.0534. The molecule has 2 unspecified atom stereocenters. The lowest BCUT2D eigenvalue weighted by atomic mass is 10.1. The quantitative estimate of drug-likeness (QED) is 0.761. The number of aliphatic hydroxyl groups is 1. The van der Waals surface area contributed by atoms with Gasteiger partial charge in [0, 0.05) is 5.56 Å². The van der Waals surface area contributed by atoms with Gasteiger partial charge in [-0.2, -0.15) is 10.2 Å². The molecule has 3 rings (SSSR count). The van der Waals surface area contributed by atoms with Crippen LogP contribution in [0.3, 0.4) is 0 Å². The number of benzene rings is 1. The van der Waals surface area contributed by atoms with Gasteiger partial charge in [-0.25, -0.2) is 9.78 Å². The predicted molar refractivity (Wildman–Crippen MR) is 87.8 cm³/mol. The van der Waals surface area contributed by atoms with Crippen molar-refractivity contribution < 1.29 is 19.7 Å². The number of aromatic nitrogens is 2. The average Bonchev–Trinajstić information content (AvgIpc) is 2.99. The Labute approximate surface area is 143 Å². The maximum atomic E-state index is 11.5. The summed E-state index contributed by atoms with van der Waals surface area (Å²) in [5, 5.41) is 28.3. The molecule has 0 amide bonds. The van der Waals surface area contributed by atoms with Crippen molar-refractivity contribution in [2.75, 3.05) is 5.73 Å². The molecule has 0 spiro atoms. The molecule has 1 aromatic heterocycles. The normalized spacial score (nSPS) is 19.4. The minimum absolute atomic E-state index is 0.155. The Hall–Kier alpha value is -3.18. The van der Waals surface area contributed by atoms with E-state index in [-0.39, 0.29) is 23.1 Å². The summed E-state index contributed by atoms with van der Waals surface area (Å²) in [5.41, 5.74) is 6.39. The summed E-state index contributed by atoms with van der Waals surface area (Å²) in [5.74, 6) is -1.56. The van der Waals surface area contributed by atoms with Crippen LogP contribution >= 0.6 is 0 Å². The van der Waals surface area contributed by atoms with Gasteiger partial charge in [-0.15, -0.1) is 0 Å². The second-order valence-electron chi connectivity index (χ2n) is 5.76. The van der Waals surface area contributed by atoms with Gasteiger partial charge in [-0.1, -0.05) is 12.1 Å². The van der Waals surface area contributed by atoms with Gasteiger partial charge in [0.15, 0.2) is 11.4 Å². The van der Waals surface area contributed by atoms with Crippen molar-refractivity contribution in [2.45, 2.75) is 31.5 Å². The summed E-state index contributed by atoms with van der Waals surface area (Å²) >= 11 is 0. The first-order chi connectivity index (χ1) is 12.0. The molecule has 1 aliphatic rings. The lowest BCUT2D eigenvalue weighted by Gasteiger charge is -2.18. The van der Waals surface area contributed by atoms with Crippen LogP contribution in [-0.2, 0) is 0 Å². The van der Waals surface area contributed by atoms with E-state index in [0.717, 1.165) is 6.42 Å². The van der Waals surface area contributed by atoms with E-state index in [2.05, 4.69) is 9.97 Å². The number of nitrogens with two attached hydrogens (primary N) is 1. The molecule has 1 heterocycles. The van der Waals surface area contributed by atoms with Crippen LogP contribution in [0.15, 0.2) is 24.3 Å². The van der Waals surface area contributed by atoms with Crippen LogP contribution in [-0.4, -0.2) is 38.4 Å². The molecule has 2 atom stereocenters. The molecule has 1 aliphatic carbocycles. The number of nitrogens with zero attached hydrogens (tertiary/aromatic N) is 3. The third kappa shape index (κ3) is 3.36. The zero-order valence-corrected chi connectivity index (χ0v) is 13.2. The van der Waals surface area contributed by atoms with Crippen molar-refractivity contribution in [3.63, 3.8) is 0 Å². The Morgan fingerprint density at radius 2 is 2.16 bits per heavy atom. The van der Waals surface area contributed by atoms with Crippen LogP contribution in [0.2, 0.25) is 0 Å². The molecule has 4 N–H and O–H groups in total. The Bertz CT molecular complexity index is 862. The number of aliphatic hydroxyl groups excluding tert-OH is 1. The standard InChI is InChI=1S/C17H16N4O4/c18-8-9-3-1-4-10(7-9)15-20-14(19)13(17(23)24)16(21-15)25-12-6-2-5-11(12)22/h1,3-4,7,11-12,22H,2,5-6H2,(H,23,24)(H2,19,20,21). The SMILES string of the molecule is N#Cc1cccc(-c2nc(N)c(C(=O)O)c(OC3CCCC3O)n2)c1. The maximum Gasteiger partial charge on any atom is 0.345 e. The summed E-state index contributed by atoms with van der Waals surface area (Å²) < 4.78 is 5.65. The van der Waals surface area contributed by atoms with Gasteiger partial charge in [0.25, 0.3) is 0 Å². The number of carboxylic acids is 1. The van der Waals surface area contributed by atoms with E-state index in [4.69, 9.17) is 15.7 Å². The zero-order valence-electron chi connectivity index (χ0n) is 13.2. The molecule has 0 bridgehead atoms. The fraction of sp³-hybridized carbons (Fsp3) is 0.294. The van der Waals surface area contributed by atoms with Crippen LogP contribution in [0.1, 0.15) is 35.2 Å². The second-order valence-corrected chi connectivity index (χ2v) is 5.76. The Kier molecular flexibility index (Phi) is 4.50. The molecular weight excluding hydrogens is 324 g/mol. The minimum Gasteiger partial charge on any atom is -0.477 e. The number of nitrogen functional groups attached to an aromatic ring is 1. The number of carbonyl (C=O) groups is 1. The zero-order chi connectivity index (χ0) is 18.0. The summed E-state index contributed by atoms with van der Waals surface area (Å²) in [6, 6.07) is 8.57. The van der Waals surface area contributed by atoms with Gasteiger partial charge in [0.05, 0.1) is 17.7 Å². The van der Waals surface area contributed by atoms with E-state index >= 15 is 0 Å². The summed E-state index contributed by atoms with van der Waals surface area (Å²) in [6.07, 6.45) is 0.758. The third-order valence-electron chi connectivity index (χ3n) is 4.05. The van der Waals surface area contributed by atoms with E-state index in [1.54, 1.807) is 24.3 Å². The van der Waals surface area contributed by atoms with Gasteiger partial charge in [0.1, 0.15) is 11.9 Å². The molecular formula is C17H16N4O4. The number of rotatable bonds is 4. The summed E-state index contributed by atoms with van der Waals surface area (Å²) in [6.45, 7) is 0. The highest BCUT2D eigenvalue weighted by molar-refractivity contribution is 5.95. The van der Waals surface area contributed by atoms with Crippen LogP contribution in [0.25, 0.3) is 11.4 Å². The minimum atomic E-state index is -1.31. The van der Waals surface area contributed by atoms with Crippen LogP contribution < -0.4 is 10.5 Å². The topological polar surface area (TPSA) is 142 Å². The lowest BCUT2D eigenvalue weighted by Crippen LogP contribution is -2.27. The van der Waals surface area contributed by atoms with Gasteiger partial charge in [0.2, 0.25) is 5.88 Å². The first kappa shape index (κ1) is 16.7. The highest BCUT2D eigenvalue weighted by atomic mass is 16.5. The van der Waals surface area contributed by atoms with Gasteiger partial charge in [-0.3, -0.25) is 0 Å². The van der Waals surface area contributed by atoms with Gasteiger partial charge in [-0.05, 0) is 31.4 Å². The number of carboxylic acid groups (broad SMARTS) is 1. The molecule has 0 aliphatic heterocycles. The predicted octanol–water partition coefficient (Wildman–Crippen LogP) is 1.59. The number of aromatic carboxylic acids is 1. The van der Waals surface area contributed by atoms with E-state index in [1.807, 2.05) is 6.07 Å². The van der Waals surface area contributed by atoms with Crippen molar-refractivity contribution in [1.82, 2.24) is 9.97 Å². The Morgan fingerprint density at radius 1 is 1.36 bits per heavy atom. The number of ether oxygens (including phenoxy) is 1.